The number of rotatable bonds is 6. The number of hydrogen-bond acceptors (Lipinski definition) is 2. The van der Waals surface area contributed by atoms with Crippen LogP contribution in [0.4, 0.5) is 0 Å². The van der Waals surface area contributed by atoms with Gasteiger partial charge in [-0.15, -0.1) is 0 Å². The summed E-state index contributed by atoms with van der Waals surface area (Å²) in [6, 6.07) is 0. The standard InChI is InChI=1S/C10H20N2O/c1-3-10(4-5-10)8-11-6-7-12-9(2)13/h11H,3-8H2,1-2H3,(H,12,13). The Morgan fingerprint density at radius 3 is 2.54 bits per heavy atom. The van der Waals surface area contributed by atoms with Gasteiger partial charge in [-0.05, 0) is 24.7 Å². The molecule has 0 aliphatic heterocycles. The Hall–Kier alpha value is -0.570. The monoisotopic (exact) mass is 184 g/mol. The third-order valence-corrected chi connectivity index (χ3v) is 2.88. The number of nitrogens with one attached hydrogen (secondary N) is 2. The van der Waals surface area contributed by atoms with Crippen LogP contribution in [0, 0.1) is 5.41 Å². The molecular weight excluding hydrogens is 164 g/mol. The van der Waals surface area contributed by atoms with Crippen molar-refractivity contribution in [3.63, 3.8) is 0 Å². The van der Waals surface area contributed by atoms with Crippen LogP contribution < -0.4 is 10.6 Å². The summed E-state index contributed by atoms with van der Waals surface area (Å²) in [5.41, 5.74) is 0.607. The molecule has 3 heteroatoms. The van der Waals surface area contributed by atoms with Crippen molar-refractivity contribution in [3.05, 3.63) is 0 Å². The molecule has 1 aliphatic rings. The zero-order valence-corrected chi connectivity index (χ0v) is 8.65. The zero-order valence-electron chi connectivity index (χ0n) is 8.65. The number of carbonyl (C=O) groups is 1. The van der Waals surface area contributed by atoms with Crippen molar-refractivity contribution >= 4 is 5.91 Å². The quantitative estimate of drug-likeness (QED) is 0.602. The van der Waals surface area contributed by atoms with E-state index in [0.717, 1.165) is 19.6 Å². The molecule has 1 saturated carbocycles. The van der Waals surface area contributed by atoms with Gasteiger partial charge in [-0.25, -0.2) is 0 Å². The molecule has 1 rings (SSSR count). The van der Waals surface area contributed by atoms with Gasteiger partial charge in [0, 0.05) is 26.6 Å². The van der Waals surface area contributed by atoms with Crippen molar-refractivity contribution < 1.29 is 4.79 Å². The Balaban J connectivity index is 1.92. The Labute approximate surface area is 80.3 Å². The van der Waals surface area contributed by atoms with Crippen molar-refractivity contribution in [1.29, 1.82) is 0 Å². The minimum atomic E-state index is 0.0541. The smallest absolute Gasteiger partial charge is 0.216 e. The van der Waals surface area contributed by atoms with E-state index in [1.54, 1.807) is 6.92 Å². The van der Waals surface area contributed by atoms with Gasteiger partial charge >= 0.3 is 0 Å². The lowest BCUT2D eigenvalue weighted by atomic mass is 10.0. The lowest BCUT2D eigenvalue weighted by Gasteiger charge is -2.13. The summed E-state index contributed by atoms with van der Waals surface area (Å²) >= 11 is 0. The molecule has 2 N–H and O–H groups in total. The lowest BCUT2D eigenvalue weighted by Crippen LogP contribution is -2.33. The van der Waals surface area contributed by atoms with Crippen LogP contribution in [0.15, 0.2) is 0 Å². The molecule has 0 aromatic rings. The zero-order chi connectivity index (χ0) is 9.73. The maximum atomic E-state index is 10.5. The minimum absolute atomic E-state index is 0.0541. The summed E-state index contributed by atoms with van der Waals surface area (Å²) in [7, 11) is 0. The topological polar surface area (TPSA) is 41.1 Å². The largest absolute Gasteiger partial charge is 0.355 e. The Bertz CT molecular complexity index is 176. The van der Waals surface area contributed by atoms with Gasteiger partial charge < -0.3 is 10.6 Å². The first-order chi connectivity index (χ1) is 6.18. The van der Waals surface area contributed by atoms with Crippen LogP contribution in [0.1, 0.15) is 33.1 Å². The van der Waals surface area contributed by atoms with Gasteiger partial charge in [-0.2, -0.15) is 0 Å². The molecule has 13 heavy (non-hydrogen) atoms. The normalized spacial score (nSPS) is 18.3. The predicted octanol–water partition coefficient (Wildman–Crippen LogP) is 0.902. The number of amides is 1. The third-order valence-electron chi connectivity index (χ3n) is 2.88. The fraction of sp³-hybridized carbons (Fsp3) is 0.900. The third kappa shape index (κ3) is 3.77. The molecule has 0 saturated heterocycles. The Kier molecular flexibility index (Phi) is 3.72. The van der Waals surface area contributed by atoms with Gasteiger partial charge in [0.15, 0.2) is 0 Å². The molecule has 0 unspecified atom stereocenters. The van der Waals surface area contributed by atoms with E-state index in [2.05, 4.69) is 17.6 Å². The highest BCUT2D eigenvalue weighted by atomic mass is 16.1. The Morgan fingerprint density at radius 2 is 2.08 bits per heavy atom. The van der Waals surface area contributed by atoms with Gasteiger partial charge in [0.2, 0.25) is 5.91 Å². The van der Waals surface area contributed by atoms with Crippen molar-refractivity contribution in [2.75, 3.05) is 19.6 Å². The lowest BCUT2D eigenvalue weighted by molar-refractivity contribution is -0.118. The summed E-state index contributed by atoms with van der Waals surface area (Å²) in [4.78, 5) is 10.5. The fourth-order valence-electron chi connectivity index (χ4n) is 1.51. The van der Waals surface area contributed by atoms with Gasteiger partial charge in [0.05, 0.1) is 0 Å². The van der Waals surface area contributed by atoms with Gasteiger partial charge in [0.25, 0.3) is 0 Å². The first-order valence-electron chi connectivity index (χ1n) is 5.14. The number of carbonyl (C=O) groups excluding carboxylic acids is 1. The van der Waals surface area contributed by atoms with E-state index in [9.17, 15) is 4.79 Å². The maximum Gasteiger partial charge on any atom is 0.216 e. The molecule has 0 spiro atoms. The van der Waals surface area contributed by atoms with Crippen LogP contribution in [0.2, 0.25) is 0 Å². The SMILES string of the molecule is CCC1(CNCCNC(C)=O)CC1. The second-order valence-corrected chi connectivity index (χ2v) is 4.01. The van der Waals surface area contributed by atoms with Gasteiger partial charge in [-0.3, -0.25) is 4.79 Å². The highest BCUT2D eigenvalue weighted by Crippen LogP contribution is 2.47. The highest BCUT2D eigenvalue weighted by molar-refractivity contribution is 5.72. The molecule has 0 radical (unpaired) electrons. The van der Waals surface area contributed by atoms with E-state index in [-0.39, 0.29) is 5.91 Å². The van der Waals surface area contributed by atoms with Crippen LogP contribution in [0.3, 0.4) is 0 Å². The molecule has 0 aromatic heterocycles. The van der Waals surface area contributed by atoms with E-state index in [0.29, 0.717) is 5.41 Å². The average Bonchev–Trinajstić information content (AvgIpc) is 2.84. The van der Waals surface area contributed by atoms with E-state index in [1.807, 2.05) is 0 Å². The van der Waals surface area contributed by atoms with Crippen LogP contribution in [-0.2, 0) is 4.79 Å². The van der Waals surface area contributed by atoms with Crippen LogP contribution in [0.25, 0.3) is 0 Å². The molecule has 1 fully saturated rings. The summed E-state index contributed by atoms with van der Waals surface area (Å²) in [5.74, 6) is 0.0541. The van der Waals surface area contributed by atoms with E-state index < -0.39 is 0 Å². The van der Waals surface area contributed by atoms with Crippen molar-refractivity contribution in [2.24, 2.45) is 5.41 Å². The summed E-state index contributed by atoms with van der Waals surface area (Å²) in [6.07, 6.45) is 4.02. The van der Waals surface area contributed by atoms with Crippen molar-refractivity contribution in [2.45, 2.75) is 33.1 Å². The maximum absolute atomic E-state index is 10.5. The predicted molar refractivity (Wildman–Crippen MR) is 53.5 cm³/mol. The number of hydrogen-bond donors (Lipinski definition) is 2. The second-order valence-electron chi connectivity index (χ2n) is 4.01. The van der Waals surface area contributed by atoms with Gasteiger partial charge in [0.1, 0.15) is 0 Å². The van der Waals surface area contributed by atoms with E-state index >= 15 is 0 Å². The molecule has 1 aliphatic carbocycles. The van der Waals surface area contributed by atoms with Crippen LogP contribution in [-0.4, -0.2) is 25.5 Å². The Morgan fingerprint density at radius 1 is 1.38 bits per heavy atom. The molecule has 76 valence electrons. The highest BCUT2D eigenvalue weighted by Gasteiger charge is 2.39. The molecule has 0 aromatic carbocycles. The molecular formula is C10H20N2O. The molecule has 3 nitrogen and oxygen atoms in total. The first kappa shape index (κ1) is 10.5. The molecule has 0 bridgehead atoms. The van der Waals surface area contributed by atoms with Gasteiger partial charge in [-0.1, -0.05) is 6.92 Å². The average molecular weight is 184 g/mol. The van der Waals surface area contributed by atoms with E-state index in [4.69, 9.17) is 0 Å². The van der Waals surface area contributed by atoms with Crippen LogP contribution >= 0.6 is 0 Å². The molecule has 0 heterocycles. The van der Waals surface area contributed by atoms with Crippen molar-refractivity contribution in [3.8, 4) is 0 Å². The minimum Gasteiger partial charge on any atom is -0.355 e. The van der Waals surface area contributed by atoms with Crippen LogP contribution in [0.5, 0.6) is 0 Å². The fourth-order valence-corrected chi connectivity index (χ4v) is 1.51. The molecule has 1 amide bonds. The summed E-state index contributed by atoms with van der Waals surface area (Å²) in [5, 5.41) is 6.15. The summed E-state index contributed by atoms with van der Waals surface area (Å²) < 4.78 is 0. The van der Waals surface area contributed by atoms with E-state index in [1.165, 1.54) is 19.3 Å². The molecule has 0 atom stereocenters. The summed E-state index contributed by atoms with van der Waals surface area (Å²) in [6.45, 7) is 6.55. The second kappa shape index (κ2) is 4.61. The van der Waals surface area contributed by atoms with Crippen molar-refractivity contribution in [1.82, 2.24) is 10.6 Å². The first-order valence-corrected chi connectivity index (χ1v) is 5.14.